The van der Waals surface area contributed by atoms with E-state index < -0.39 is 11.3 Å². The highest BCUT2D eigenvalue weighted by atomic mass is 35.5. The van der Waals surface area contributed by atoms with Crippen molar-refractivity contribution in [2.45, 2.75) is 25.1 Å². The molecule has 158 valence electrons. The van der Waals surface area contributed by atoms with Crippen LogP contribution in [-0.2, 0) is 16.6 Å². The number of amides is 2. The highest BCUT2D eigenvalue weighted by Gasteiger charge is 2.22. The summed E-state index contributed by atoms with van der Waals surface area (Å²) in [6, 6.07) is 8.44. The summed E-state index contributed by atoms with van der Waals surface area (Å²) in [5.41, 5.74) is 0.860. The zero-order chi connectivity index (χ0) is 21.7. The van der Waals surface area contributed by atoms with Gasteiger partial charge in [-0.05, 0) is 31.5 Å². The Balaban J connectivity index is 1.61. The Morgan fingerprint density at radius 2 is 2.03 bits per heavy atom. The van der Waals surface area contributed by atoms with E-state index in [0.29, 0.717) is 22.4 Å². The second kappa shape index (κ2) is 9.82. The van der Waals surface area contributed by atoms with Gasteiger partial charge in [-0.3, -0.25) is 9.59 Å². The van der Waals surface area contributed by atoms with Crippen LogP contribution < -0.4 is 10.6 Å². The van der Waals surface area contributed by atoms with Crippen molar-refractivity contribution in [2.24, 2.45) is 7.05 Å². The normalized spacial score (nSPS) is 12.9. The number of aromatic nitrogens is 3. The van der Waals surface area contributed by atoms with E-state index in [1.54, 1.807) is 38.2 Å². The first-order chi connectivity index (χ1) is 14.3. The van der Waals surface area contributed by atoms with Crippen LogP contribution in [0.2, 0.25) is 5.02 Å². The number of thioether (sulfide) groups is 1. The predicted octanol–water partition coefficient (Wildman–Crippen LogP) is 3.34. The van der Waals surface area contributed by atoms with E-state index in [2.05, 4.69) is 20.8 Å². The third-order valence-electron chi connectivity index (χ3n) is 4.34. The van der Waals surface area contributed by atoms with Gasteiger partial charge in [0.1, 0.15) is 17.6 Å². The first kappa shape index (κ1) is 21.9. The Morgan fingerprint density at radius 1 is 1.30 bits per heavy atom. The van der Waals surface area contributed by atoms with E-state index in [-0.39, 0.29) is 17.6 Å². The molecule has 8 nitrogen and oxygen atoms in total. The van der Waals surface area contributed by atoms with Crippen LogP contribution in [0.15, 0.2) is 47.2 Å². The molecule has 1 aromatic carbocycles. The largest absolute Gasteiger partial charge is 0.360 e. The Hall–Kier alpha value is -2.78. The maximum absolute atomic E-state index is 12.6. The lowest BCUT2D eigenvalue weighted by molar-refractivity contribution is -0.119. The fourth-order valence-electron chi connectivity index (χ4n) is 2.74. The highest BCUT2D eigenvalue weighted by molar-refractivity contribution is 8.01. The average Bonchev–Trinajstić information content (AvgIpc) is 3.32. The van der Waals surface area contributed by atoms with Crippen molar-refractivity contribution in [1.82, 2.24) is 20.0 Å². The maximum Gasteiger partial charge on any atom is 0.238 e. The number of aryl methyl sites for hydroxylation is 2. The topological polar surface area (TPSA) is 102 Å². The minimum absolute atomic E-state index is 0.112. The molecule has 2 N–H and O–H groups in total. The summed E-state index contributed by atoms with van der Waals surface area (Å²) in [5.74, 6) is 1.31. The predicted molar refractivity (Wildman–Crippen MR) is 116 cm³/mol. The van der Waals surface area contributed by atoms with E-state index >= 15 is 0 Å². The van der Waals surface area contributed by atoms with Crippen LogP contribution >= 0.6 is 23.4 Å². The lowest BCUT2D eigenvalue weighted by Crippen LogP contribution is -2.33. The highest BCUT2D eigenvalue weighted by Crippen LogP contribution is 2.23. The molecule has 3 aromatic rings. The third-order valence-corrected chi connectivity index (χ3v) is 5.73. The maximum atomic E-state index is 12.6. The molecule has 0 aliphatic carbocycles. The minimum atomic E-state index is -0.449. The number of hydrogen-bond donors (Lipinski definition) is 2. The summed E-state index contributed by atoms with van der Waals surface area (Å²) >= 11 is 7.22. The lowest BCUT2D eigenvalue weighted by atomic mass is 10.1. The van der Waals surface area contributed by atoms with Crippen molar-refractivity contribution in [3.63, 3.8) is 0 Å². The van der Waals surface area contributed by atoms with Gasteiger partial charge in [0, 0.05) is 30.5 Å². The zero-order valence-corrected chi connectivity index (χ0v) is 18.3. The summed E-state index contributed by atoms with van der Waals surface area (Å²) < 4.78 is 6.78. The SMILES string of the molecule is Cc1cc(NC(=O)[C@@H](C)SCC(=O)N[C@@H](c2ccc(Cl)cc2)c2nccn2C)no1. The molecule has 2 heterocycles. The number of halogens is 1. The molecule has 2 amide bonds. The van der Waals surface area contributed by atoms with E-state index in [0.717, 1.165) is 5.56 Å². The number of benzene rings is 1. The van der Waals surface area contributed by atoms with Crippen LogP contribution in [-0.4, -0.2) is 37.5 Å². The molecule has 0 aliphatic rings. The van der Waals surface area contributed by atoms with Gasteiger partial charge in [0.15, 0.2) is 5.82 Å². The smallest absolute Gasteiger partial charge is 0.238 e. The molecule has 0 fully saturated rings. The fraction of sp³-hybridized carbons (Fsp3) is 0.300. The van der Waals surface area contributed by atoms with Crippen molar-refractivity contribution in [2.75, 3.05) is 11.1 Å². The number of carbonyl (C=O) groups is 2. The summed E-state index contributed by atoms with van der Waals surface area (Å²) in [6.07, 6.45) is 3.49. The standard InChI is InChI=1S/C20H22ClN5O3S/c1-12-10-16(25-29-12)23-20(28)13(2)30-11-17(27)24-18(19-22-8-9-26(19)3)14-4-6-15(21)7-5-14/h4-10,13,18H,11H2,1-3H3,(H,24,27)(H,23,25,28)/t13-,18+/m1/s1. The molecule has 0 saturated carbocycles. The van der Waals surface area contributed by atoms with Crippen LogP contribution in [0, 0.1) is 6.92 Å². The summed E-state index contributed by atoms with van der Waals surface area (Å²) in [4.78, 5) is 29.3. The summed E-state index contributed by atoms with van der Waals surface area (Å²) in [5, 5.41) is 9.56. The fourth-order valence-corrected chi connectivity index (χ4v) is 3.56. The molecule has 10 heteroatoms. The molecule has 0 spiro atoms. The second-order valence-corrected chi connectivity index (χ2v) is 8.48. The molecular formula is C20H22ClN5O3S. The third kappa shape index (κ3) is 5.64. The van der Waals surface area contributed by atoms with Crippen molar-refractivity contribution in [1.29, 1.82) is 0 Å². The van der Waals surface area contributed by atoms with Crippen molar-refractivity contribution >= 4 is 41.0 Å². The number of nitrogens with zero attached hydrogens (tertiary/aromatic N) is 3. The number of nitrogens with one attached hydrogen (secondary N) is 2. The van der Waals surface area contributed by atoms with E-state index in [1.807, 2.05) is 29.9 Å². The van der Waals surface area contributed by atoms with Crippen LogP contribution in [0.25, 0.3) is 0 Å². The van der Waals surface area contributed by atoms with E-state index in [1.165, 1.54) is 11.8 Å². The number of hydrogen-bond acceptors (Lipinski definition) is 6. The minimum Gasteiger partial charge on any atom is -0.360 e. The van der Waals surface area contributed by atoms with Gasteiger partial charge in [0.2, 0.25) is 11.8 Å². The Labute approximate surface area is 183 Å². The molecule has 2 atom stereocenters. The average molecular weight is 448 g/mol. The van der Waals surface area contributed by atoms with Crippen molar-refractivity contribution in [3.05, 3.63) is 64.9 Å². The van der Waals surface area contributed by atoms with Crippen LogP contribution in [0.4, 0.5) is 5.82 Å². The van der Waals surface area contributed by atoms with Gasteiger partial charge < -0.3 is 19.7 Å². The number of carbonyl (C=O) groups excluding carboxylic acids is 2. The number of rotatable bonds is 8. The first-order valence-corrected chi connectivity index (χ1v) is 10.6. The van der Waals surface area contributed by atoms with Crippen LogP contribution in [0.3, 0.4) is 0 Å². The van der Waals surface area contributed by atoms with E-state index in [9.17, 15) is 9.59 Å². The molecule has 2 aromatic heterocycles. The number of imidazole rings is 1. The molecule has 0 bridgehead atoms. The molecule has 30 heavy (non-hydrogen) atoms. The van der Waals surface area contributed by atoms with Gasteiger partial charge in [-0.15, -0.1) is 11.8 Å². The first-order valence-electron chi connectivity index (χ1n) is 9.21. The quantitative estimate of drug-likeness (QED) is 0.549. The lowest BCUT2D eigenvalue weighted by Gasteiger charge is -2.19. The molecule has 3 rings (SSSR count). The monoisotopic (exact) mass is 447 g/mol. The van der Waals surface area contributed by atoms with E-state index in [4.69, 9.17) is 16.1 Å². The van der Waals surface area contributed by atoms with Crippen molar-refractivity contribution < 1.29 is 14.1 Å². The Kier molecular flexibility index (Phi) is 7.17. The van der Waals surface area contributed by atoms with Crippen LogP contribution in [0.5, 0.6) is 0 Å². The van der Waals surface area contributed by atoms with Gasteiger partial charge in [0.05, 0.1) is 11.0 Å². The van der Waals surface area contributed by atoms with Crippen LogP contribution in [0.1, 0.15) is 30.1 Å². The van der Waals surface area contributed by atoms with Gasteiger partial charge in [-0.2, -0.15) is 0 Å². The second-order valence-electron chi connectivity index (χ2n) is 6.71. The van der Waals surface area contributed by atoms with Gasteiger partial charge in [-0.1, -0.05) is 28.9 Å². The molecule has 0 unspecified atom stereocenters. The molecule has 0 saturated heterocycles. The summed E-state index contributed by atoms with van der Waals surface area (Å²) in [7, 11) is 1.87. The van der Waals surface area contributed by atoms with Crippen molar-refractivity contribution in [3.8, 4) is 0 Å². The molecular weight excluding hydrogens is 426 g/mol. The van der Waals surface area contributed by atoms with Gasteiger partial charge in [0.25, 0.3) is 0 Å². The summed E-state index contributed by atoms with van der Waals surface area (Å²) in [6.45, 7) is 3.47. The molecule has 0 aliphatic heterocycles. The number of anilines is 1. The zero-order valence-electron chi connectivity index (χ0n) is 16.8. The van der Waals surface area contributed by atoms with Gasteiger partial charge >= 0.3 is 0 Å². The molecule has 0 radical (unpaired) electrons. The van der Waals surface area contributed by atoms with Gasteiger partial charge in [-0.25, -0.2) is 4.98 Å². The Morgan fingerprint density at radius 3 is 2.63 bits per heavy atom. The Bertz CT molecular complexity index is 1020.